The van der Waals surface area contributed by atoms with Crippen LogP contribution in [0.25, 0.3) is 0 Å². The fourth-order valence-corrected chi connectivity index (χ4v) is 4.07. The molecule has 0 N–H and O–H groups in total. The average Bonchev–Trinajstić information content (AvgIpc) is 2.61. The van der Waals surface area contributed by atoms with Crippen molar-refractivity contribution in [3.63, 3.8) is 0 Å². The normalized spacial score (nSPS) is 22.0. The molecule has 1 atom stereocenters. The maximum Gasteiger partial charge on any atom is 0.206 e. The van der Waals surface area contributed by atoms with Crippen LogP contribution in [0.5, 0.6) is 0 Å². The minimum absolute atomic E-state index is 0.235. The molecular weight excluding hydrogens is 306 g/mol. The van der Waals surface area contributed by atoms with Crippen molar-refractivity contribution in [3.05, 3.63) is 29.6 Å². The monoisotopic (exact) mass is 330 g/mol. The van der Waals surface area contributed by atoms with Crippen LogP contribution < -0.4 is 5.30 Å². The predicted molar refractivity (Wildman–Crippen MR) is 84.5 cm³/mol. The zero-order valence-electron chi connectivity index (χ0n) is 14.0. The zero-order chi connectivity index (χ0) is 16.5. The molecule has 0 aromatic heterocycles. The van der Waals surface area contributed by atoms with Crippen LogP contribution in [0.3, 0.4) is 0 Å². The third kappa shape index (κ3) is 3.66. The van der Waals surface area contributed by atoms with Gasteiger partial charge in [-0.15, -0.1) is 0 Å². The molecule has 1 heterocycles. The number of benzene rings is 1. The molecule has 1 aromatic carbocycles. The lowest BCUT2D eigenvalue weighted by atomic mass is 9.90. The third-order valence-electron chi connectivity index (χ3n) is 4.08. The average molecular weight is 330 g/mol. The lowest BCUT2D eigenvalue weighted by molar-refractivity contribution is -0.300. The molecule has 0 saturated carbocycles. The van der Waals surface area contributed by atoms with Crippen LogP contribution in [-0.2, 0) is 25.2 Å². The van der Waals surface area contributed by atoms with Gasteiger partial charge in [-0.25, -0.2) is 14.2 Å². The largest absolute Gasteiger partial charge is 0.321 e. The smallest absolute Gasteiger partial charge is 0.206 e. The number of hydrogen-bond acceptors (Lipinski definition) is 4. The molecule has 1 saturated heterocycles. The van der Waals surface area contributed by atoms with Gasteiger partial charge < -0.3 is 9.05 Å². The minimum Gasteiger partial charge on any atom is -0.321 e. The van der Waals surface area contributed by atoms with Gasteiger partial charge in [-0.05, 0) is 58.4 Å². The highest BCUT2D eigenvalue weighted by molar-refractivity contribution is 7.56. The van der Waals surface area contributed by atoms with Gasteiger partial charge in [0.05, 0.1) is 24.4 Å². The van der Waals surface area contributed by atoms with Crippen molar-refractivity contribution in [1.29, 1.82) is 0 Å². The van der Waals surface area contributed by atoms with Crippen LogP contribution in [0.2, 0.25) is 0 Å². The molecule has 2 rings (SSSR count). The van der Waals surface area contributed by atoms with Crippen molar-refractivity contribution >= 4 is 13.7 Å². The van der Waals surface area contributed by atoms with E-state index in [1.165, 1.54) is 13.2 Å². The second-order valence-electron chi connectivity index (χ2n) is 6.51. The summed E-state index contributed by atoms with van der Waals surface area (Å²) >= 11 is 0. The van der Waals surface area contributed by atoms with Crippen LogP contribution in [0.4, 0.5) is 4.39 Å². The Morgan fingerprint density at radius 2 is 1.77 bits per heavy atom. The van der Waals surface area contributed by atoms with Gasteiger partial charge in [0.2, 0.25) is 8.38 Å². The van der Waals surface area contributed by atoms with Gasteiger partial charge in [0.1, 0.15) is 5.82 Å². The molecular formula is C16H24FO4P. The summed E-state index contributed by atoms with van der Waals surface area (Å²) in [6.07, 6.45) is 0.185. The summed E-state index contributed by atoms with van der Waals surface area (Å²) in [4.78, 5) is 9.64. The second-order valence-corrected chi connectivity index (χ2v) is 7.91. The summed E-state index contributed by atoms with van der Waals surface area (Å²) in [6, 6.07) is 4.98. The number of halogens is 1. The molecule has 0 spiro atoms. The number of hydrogen-bond donors (Lipinski definition) is 0. The Bertz CT molecular complexity index is 517. The van der Waals surface area contributed by atoms with E-state index in [-0.39, 0.29) is 23.1 Å². The highest BCUT2D eigenvalue weighted by Gasteiger charge is 2.50. The van der Waals surface area contributed by atoms with Crippen LogP contribution in [0.15, 0.2) is 18.2 Å². The van der Waals surface area contributed by atoms with Crippen LogP contribution >= 0.6 is 8.38 Å². The Morgan fingerprint density at radius 1 is 1.18 bits per heavy atom. The summed E-state index contributed by atoms with van der Waals surface area (Å²) in [6.45, 7) is 9.86. The van der Waals surface area contributed by atoms with Crippen molar-refractivity contribution in [2.45, 2.75) is 58.3 Å². The topological polar surface area (TPSA) is 36.9 Å². The highest BCUT2D eigenvalue weighted by Crippen LogP contribution is 2.57. The van der Waals surface area contributed by atoms with Gasteiger partial charge in [0.15, 0.2) is 0 Å². The standard InChI is InChI=1S/C16H24FO4P/c1-11(19-18-6)9-12-10-13(7-8-14(12)17)22-20-15(2,3)16(4,5)21-22/h7-8,10-11H,9H2,1-6H3. The van der Waals surface area contributed by atoms with Crippen LogP contribution in [-0.4, -0.2) is 24.4 Å². The van der Waals surface area contributed by atoms with E-state index in [4.69, 9.17) is 13.9 Å². The van der Waals surface area contributed by atoms with Gasteiger partial charge in [-0.3, -0.25) is 0 Å². The first kappa shape index (κ1) is 17.8. The molecule has 0 amide bonds. The van der Waals surface area contributed by atoms with Crippen molar-refractivity contribution in [3.8, 4) is 0 Å². The summed E-state index contributed by atoms with van der Waals surface area (Å²) in [7, 11) is 0.225. The first-order chi connectivity index (χ1) is 10.2. The van der Waals surface area contributed by atoms with E-state index >= 15 is 0 Å². The summed E-state index contributed by atoms with van der Waals surface area (Å²) in [5.41, 5.74) is -0.210. The van der Waals surface area contributed by atoms with Crippen LogP contribution in [0.1, 0.15) is 40.2 Å². The van der Waals surface area contributed by atoms with Crippen molar-refractivity contribution in [1.82, 2.24) is 0 Å². The maximum absolute atomic E-state index is 14.0. The Hall–Kier alpha value is -0.580. The van der Waals surface area contributed by atoms with E-state index in [1.807, 2.05) is 34.6 Å². The molecule has 1 aliphatic rings. The number of rotatable bonds is 5. The van der Waals surface area contributed by atoms with Gasteiger partial charge in [-0.1, -0.05) is 0 Å². The molecule has 124 valence electrons. The Morgan fingerprint density at radius 3 is 2.32 bits per heavy atom. The Labute approximate surface area is 132 Å². The molecule has 22 heavy (non-hydrogen) atoms. The van der Waals surface area contributed by atoms with Crippen LogP contribution in [0, 0.1) is 5.82 Å². The van der Waals surface area contributed by atoms with Gasteiger partial charge in [0, 0.05) is 11.7 Å². The Balaban J connectivity index is 2.20. The van der Waals surface area contributed by atoms with Gasteiger partial charge in [0.25, 0.3) is 0 Å². The SMILES string of the molecule is COOC(C)Cc1cc(P2OC(C)(C)C(C)(C)O2)ccc1F. The molecule has 4 nitrogen and oxygen atoms in total. The van der Waals surface area contributed by atoms with E-state index in [1.54, 1.807) is 12.1 Å². The maximum atomic E-state index is 14.0. The first-order valence-corrected chi connectivity index (χ1v) is 8.50. The highest BCUT2D eigenvalue weighted by atomic mass is 31.2. The molecule has 0 radical (unpaired) electrons. The Kier molecular flexibility index (Phi) is 5.25. The minimum atomic E-state index is -1.22. The lowest BCUT2D eigenvalue weighted by Crippen LogP contribution is -2.41. The summed E-state index contributed by atoms with van der Waals surface area (Å²) in [5, 5.41) is 0.870. The van der Waals surface area contributed by atoms with E-state index < -0.39 is 8.38 Å². The second kappa shape index (κ2) is 6.50. The van der Waals surface area contributed by atoms with Crippen molar-refractivity contribution < 1.29 is 23.2 Å². The van der Waals surface area contributed by atoms with E-state index in [0.29, 0.717) is 12.0 Å². The lowest BCUT2D eigenvalue weighted by Gasteiger charge is -2.29. The van der Waals surface area contributed by atoms with Gasteiger partial charge in [-0.2, -0.15) is 0 Å². The van der Waals surface area contributed by atoms with E-state index in [2.05, 4.69) is 4.89 Å². The fourth-order valence-electron chi connectivity index (χ4n) is 2.10. The van der Waals surface area contributed by atoms with Crippen molar-refractivity contribution in [2.24, 2.45) is 0 Å². The summed E-state index contributed by atoms with van der Waals surface area (Å²) < 4.78 is 26.1. The molecule has 1 aromatic rings. The van der Waals surface area contributed by atoms with E-state index in [9.17, 15) is 4.39 Å². The fraction of sp³-hybridized carbons (Fsp3) is 0.625. The predicted octanol–water partition coefficient (Wildman–Crippen LogP) is 3.88. The third-order valence-corrected chi connectivity index (χ3v) is 6.02. The molecule has 1 fully saturated rings. The molecule has 1 aliphatic heterocycles. The quantitative estimate of drug-likeness (QED) is 0.466. The summed E-state index contributed by atoms with van der Waals surface area (Å²) in [5.74, 6) is -0.261. The zero-order valence-corrected chi connectivity index (χ0v) is 14.9. The molecule has 0 aliphatic carbocycles. The first-order valence-electron chi connectivity index (χ1n) is 7.32. The molecule has 6 heteroatoms. The molecule has 0 bridgehead atoms. The van der Waals surface area contributed by atoms with E-state index in [0.717, 1.165) is 5.30 Å². The van der Waals surface area contributed by atoms with Gasteiger partial charge >= 0.3 is 0 Å². The van der Waals surface area contributed by atoms with Crippen molar-refractivity contribution in [2.75, 3.05) is 7.11 Å². The molecule has 1 unspecified atom stereocenters.